The average Bonchev–Trinajstić information content (AvgIpc) is 2.91. The first kappa shape index (κ1) is 26.9. The van der Waals surface area contributed by atoms with Gasteiger partial charge in [-0.25, -0.2) is 5.43 Å². The Kier molecular flexibility index (Phi) is 9.78. The van der Waals surface area contributed by atoms with E-state index in [1.807, 2.05) is 24.3 Å². The third-order valence-electron chi connectivity index (χ3n) is 5.29. The summed E-state index contributed by atoms with van der Waals surface area (Å²) in [4.78, 5) is 36.1. The van der Waals surface area contributed by atoms with Crippen LogP contribution >= 0.6 is 0 Å². The predicted molar refractivity (Wildman–Crippen MR) is 142 cm³/mol. The minimum Gasteiger partial charge on any atom is -0.497 e. The molecule has 0 fully saturated rings. The average molecular weight is 503 g/mol. The maximum Gasteiger partial charge on any atom is 0.329 e. The third kappa shape index (κ3) is 8.81. The fourth-order valence-corrected chi connectivity index (χ4v) is 3.20. The van der Waals surface area contributed by atoms with E-state index in [9.17, 15) is 14.4 Å². The van der Waals surface area contributed by atoms with Crippen molar-refractivity contribution in [3.05, 3.63) is 89.5 Å². The predicted octanol–water partition coefficient (Wildman–Crippen LogP) is 3.60. The Labute approximate surface area is 215 Å². The highest BCUT2D eigenvalue weighted by Gasteiger charge is 2.12. The van der Waals surface area contributed by atoms with Gasteiger partial charge in [-0.3, -0.25) is 14.4 Å². The van der Waals surface area contributed by atoms with Crippen molar-refractivity contribution in [1.29, 1.82) is 0 Å². The second-order valence-corrected chi connectivity index (χ2v) is 8.42. The number of anilines is 1. The summed E-state index contributed by atoms with van der Waals surface area (Å²) in [6.07, 6.45) is 1.40. The van der Waals surface area contributed by atoms with Crippen LogP contribution in [0.2, 0.25) is 0 Å². The van der Waals surface area contributed by atoms with Gasteiger partial charge in [0.15, 0.2) is 6.61 Å². The summed E-state index contributed by atoms with van der Waals surface area (Å²) in [7, 11) is 1.55. The molecule has 192 valence electrons. The van der Waals surface area contributed by atoms with Crippen molar-refractivity contribution in [3.63, 3.8) is 0 Å². The summed E-state index contributed by atoms with van der Waals surface area (Å²) in [5.41, 5.74) is 5.58. The Morgan fingerprint density at radius 3 is 2.32 bits per heavy atom. The van der Waals surface area contributed by atoms with Crippen molar-refractivity contribution in [2.75, 3.05) is 19.0 Å². The van der Waals surface area contributed by atoms with Gasteiger partial charge in [0.2, 0.25) is 0 Å². The molecule has 0 atom stereocenters. The van der Waals surface area contributed by atoms with Gasteiger partial charge in [-0.2, -0.15) is 5.10 Å². The van der Waals surface area contributed by atoms with Crippen molar-refractivity contribution < 1.29 is 23.9 Å². The van der Waals surface area contributed by atoms with Gasteiger partial charge >= 0.3 is 11.8 Å². The molecule has 9 heteroatoms. The molecule has 0 aromatic heterocycles. The molecule has 9 nitrogen and oxygen atoms in total. The van der Waals surface area contributed by atoms with E-state index in [1.54, 1.807) is 55.6 Å². The summed E-state index contributed by atoms with van der Waals surface area (Å²) in [5, 5.41) is 9.11. The first-order chi connectivity index (χ1) is 17.8. The number of carbonyl (C=O) groups is 3. The molecule has 0 aliphatic carbocycles. The van der Waals surface area contributed by atoms with Crippen LogP contribution in [0.3, 0.4) is 0 Å². The number of nitrogens with zero attached hydrogens (tertiary/aromatic N) is 1. The molecule has 3 aromatic carbocycles. The van der Waals surface area contributed by atoms with Crippen molar-refractivity contribution >= 4 is 29.6 Å². The monoisotopic (exact) mass is 502 g/mol. The topological polar surface area (TPSA) is 118 Å². The first-order valence-corrected chi connectivity index (χ1v) is 11.7. The molecule has 0 heterocycles. The van der Waals surface area contributed by atoms with Gasteiger partial charge < -0.3 is 20.1 Å². The molecule has 37 heavy (non-hydrogen) atoms. The van der Waals surface area contributed by atoms with E-state index in [-0.39, 0.29) is 19.1 Å². The smallest absolute Gasteiger partial charge is 0.329 e. The van der Waals surface area contributed by atoms with Crippen LogP contribution < -0.4 is 25.5 Å². The number of nitrogens with one attached hydrogen (secondary N) is 3. The van der Waals surface area contributed by atoms with E-state index in [2.05, 4.69) is 35.0 Å². The Balaban J connectivity index is 1.39. The van der Waals surface area contributed by atoms with Crippen molar-refractivity contribution in [2.45, 2.75) is 26.3 Å². The molecule has 0 bridgehead atoms. The van der Waals surface area contributed by atoms with Gasteiger partial charge in [0, 0.05) is 18.3 Å². The van der Waals surface area contributed by atoms with E-state index in [4.69, 9.17) is 9.47 Å². The normalized spacial score (nSPS) is 10.7. The number of carbonyl (C=O) groups excluding carboxylic acids is 3. The highest BCUT2D eigenvalue weighted by atomic mass is 16.5. The molecule has 3 amide bonds. The molecule has 0 saturated heterocycles. The molecule has 3 rings (SSSR count). The Hall–Kier alpha value is -4.66. The minimum absolute atomic E-state index is 0.169. The minimum atomic E-state index is -0.864. The summed E-state index contributed by atoms with van der Waals surface area (Å²) >= 11 is 0. The largest absolute Gasteiger partial charge is 0.497 e. The highest BCUT2D eigenvalue weighted by Crippen LogP contribution is 2.17. The molecule has 3 aromatic rings. The second-order valence-electron chi connectivity index (χ2n) is 8.42. The number of rotatable bonds is 10. The third-order valence-corrected chi connectivity index (χ3v) is 5.29. The lowest BCUT2D eigenvalue weighted by Gasteiger charge is -2.09. The van der Waals surface area contributed by atoms with E-state index in [1.165, 1.54) is 11.8 Å². The molecule has 3 N–H and O–H groups in total. The van der Waals surface area contributed by atoms with Crippen molar-refractivity contribution in [3.8, 4) is 11.5 Å². The van der Waals surface area contributed by atoms with Gasteiger partial charge in [0.05, 0.1) is 13.3 Å². The zero-order valence-corrected chi connectivity index (χ0v) is 21.0. The summed E-state index contributed by atoms with van der Waals surface area (Å²) in [6, 6.07) is 21.6. The van der Waals surface area contributed by atoms with Gasteiger partial charge in [-0.1, -0.05) is 44.2 Å². The van der Waals surface area contributed by atoms with Crippen molar-refractivity contribution in [2.24, 2.45) is 5.10 Å². The summed E-state index contributed by atoms with van der Waals surface area (Å²) in [5.74, 6) is -0.401. The first-order valence-electron chi connectivity index (χ1n) is 11.7. The fourth-order valence-electron chi connectivity index (χ4n) is 3.20. The summed E-state index contributed by atoms with van der Waals surface area (Å²) < 4.78 is 10.6. The lowest BCUT2D eigenvalue weighted by molar-refractivity contribution is -0.139. The molecule has 0 spiro atoms. The standard InChI is InChI=1S/C28H30N4O5/c1-19(2)22-11-7-20(8-12-22)16-29-27(34)28(35)32-30-17-21-9-13-24(14-10-21)37-18-26(33)31-23-5-4-6-25(15-23)36-3/h4-15,17,19H,16,18H2,1-3H3,(H,29,34)(H,31,33)(H,32,35)/b30-17-. The highest BCUT2D eigenvalue weighted by molar-refractivity contribution is 6.35. The van der Waals surface area contributed by atoms with Gasteiger partial charge in [-0.15, -0.1) is 0 Å². The number of amides is 3. The molecule has 0 aliphatic rings. The van der Waals surface area contributed by atoms with E-state index < -0.39 is 11.8 Å². The SMILES string of the molecule is COc1cccc(NC(=O)COc2ccc(/C=N\NC(=O)C(=O)NCc3ccc(C(C)C)cc3)cc2)c1. The lowest BCUT2D eigenvalue weighted by Crippen LogP contribution is -2.37. The van der Waals surface area contributed by atoms with E-state index >= 15 is 0 Å². The van der Waals surface area contributed by atoms with Crippen LogP contribution in [0.15, 0.2) is 77.9 Å². The van der Waals surface area contributed by atoms with E-state index in [0.717, 1.165) is 5.56 Å². The number of hydrogen-bond donors (Lipinski definition) is 3. The Morgan fingerprint density at radius 1 is 0.919 bits per heavy atom. The number of methoxy groups -OCH3 is 1. The van der Waals surface area contributed by atoms with Crippen LogP contribution in [-0.2, 0) is 20.9 Å². The van der Waals surface area contributed by atoms with Crippen molar-refractivity contribution in [1.82, 2.24) is 10.7 Å². The molecule has 0 unspecified atom stereocenters. The van der Waals surface area contributed by atoms with Crippen LogP contribution in [0.4, 0.5) is 5.69 Å². The number of ether oxygens (including phenoxy) is 2. The Bertz CT molecular complexity index is 1240. The molecular formula is C28H30N4O5. The number of benzene rings is 3. The number of hydrazone groups is 1. The van der Waals surface area contributed by atoms with Crippen LogP contribution in [0.1, 0.15) is 36.5 Å². The molecule has 0 radical (unpaired) electrons. The maximum absolute atomic E-state index is 12.1. The number of hydrogen-bond acceptors (Lipinski definition) is 6. The molecular weight excluding hydrogens is 472 g/mol. The van der Waals surface area contributed by atoms with E-state index in [0.29, 0.717) is 28.7 Å². The van der Waals surface area contributed by atoms with Gasteiger partial charge in [-0.05, 0) is 59.0 Å². The maximum atomic E-state index is 12.1. The molecule has 0 saturated carbocycles. The van der Waals surface area contributed by atoms with Crippen LogP contribution in [-0.4, -0.2) is 37.7 Å². The second kappa shape index (κ2) is 13.4. The van der Waals surface area contributed by atoms with Crippen LogP contribution in [0.25, 0.3) is 0 Å². The van der Waals surface area contributed by atoms with Gasteiger partial charge in [0.1, 0.15) is 11.5 Å². The summed E-state index contributed by atoms with van der Waals surface area (Å²) in [6.45, 7) is 4.29. The van der Waals surface area contributed by atoms with Crippen LogP contribution in [0, 0.1) is 0 Å². The zero-order chi connectivity index (χ0) is 26.6. The van der Waals surface area contributed by atoms with Gasteiger partial charge in [0.25, 0.3) is 5.91 Å². The Morgan fingerprint density at radius 2 is 1.65 bits per heavy atom. The zero-order valence-electron chi connectivity index (χ0n) is 21.0. The van der Waals surface area contributed by atoms with Crippen LogP contribution in [0.5, 0.6) is 11.5 Å². The lowest BCUT2D eigenvalue weighted by atomic mass is 10.0. The quantitative estimate of drug-likeness (QED) is 0.222. The molecule has 0 aliphatic heterocycles. The fraction of sp³-hybridized carbons (Fsp3) is 0.214.